The van der Waals surface area contributed by atoms with Crippen molar-refractivity contribution >= 4 is 17.2 Å². The normalized spacial score (nSPS) is 10.4. The smallest absolute Gasteiger partial charge is 0.224 e. The summed E-state index contributed by atoms with van der Waals surface area (Å²) in [5.41, 5.74) is 1.82. The summed E-state index contributed by atoms with van der Waals surface area (Å²) in [6.45, 7) is 2.53. The van der Waals surface area contributed by atoms with E-state index in [4.69, 9.17) is 0 Å². The van der Waals surface area contributed by atoms with Crippen LogP contribution in [-0.2, 0) is 17.6 Å². The summed E-state index contributed by atoms with van der Waals surface area (Å²) in [7, 11) is 0. The number of carbonyl (C=O) groups excluding carboxylic acids is 1. The molecule has 0 radical (unpaired) electrons. The monoisotopic (exact) mass is 278 g/mol. The molecule has 19 heavy (non-hydrogen) atoms. The van der Waals surface area contributed by atoms with Crippen molar-refractivity contribution in [3.63, 3.8) is 0 Å². The molecule has 0 aliphatic heterocycles. The van der Waals surface area contributed by atoms with Crippen LogP contribution < -0.4 is 5.32 Å². The molecule has 0 unspecified atom stereocenters. The van der Waals surface area contributed by atoms with Crippen LogP contribution in [0.5, 0.6) is 0 Å². The molecule has 0 saturated heterocycles. The Labute approximate surface area is 115 Å². The molecule has 1 aromatic carbocycles. The Bertz CT molecular complexity index is 551. The van der Waals surface area contributed by atoms with Crippen LogP contribution in [0.1, 0.15) is 16.3 Å². The Balaban J connectivity index is 1.74. The average Bonchev–Trinajstić information content (AvgIpc) is 2.78. The SMILES string of the molecule is Cc1csc(CCNC(=O)Cc2ccc(F)cc2)n1. The first-order valence-electron chi connectivity index (χ1n) is 6.05. The first-order valence-corrected chi connectivity index (χ1v) is 6.93. The van der Waals surface area contributed by atoms with Gasteiger partial charge in [-0.3, -0.25) is 4.79 Å². The maximum Gasteiger partial charge on any atom is 0.224 e. The van der Waals surface area contributed by atoms with E-state index in [0.29, 0.717) is 6.54 Å². The largest absolute Gasteiger partial charge is 0.355 e. The van der Waals surface area contributed by atoms with Crippen LogP contribution in [-0.4, -0.2) is 17.4 Å². The molecular formula is C14H15FN2OS. The molecule has 0 aliphatic carbocycles. The predicted molar refractivity (Wildman–Crippen MR) is 73.7 cm³/mol. The van der Waals surface area contributed by atoms with Gasteiger partial charge in [0.15, 0.2) is 0 Å². The quantitative estimate of drug-likeness (QED) is 0.913. The molecule has 0 fully saturated rings. The minimum Gasteiger partial charge on any atom is -0.355 e. The van der Waals surface area contributed by atoms with Gasteiger partial charge in [0.1, 0.15) is 5.82 Å². The predicted octanol–water partition coefficient (Wildman–Crippen LogP) is 2.49. The number of benzene rings is 1. The average molecular weight is 278 g/mol. The number of aryl methyl sites for hydroxylation is 1. The Morgan fingerprint density at radius 2 is 2.11 bits per heavy atom. The highest BCUT2D eigenvalue weighted by atomic mass is 32.1. The fraction of sp³-hybridized carbons (Fsp3) is 0.286. The molecule has 0 atom stereocenters. The highest BCUT2D eigenvalue weighted by Gasteiger charge is 2.04. The number of carbonyl (C=O) groups is 1. The minimum absolute atomic E-state index is 0.0557. The topological polar surface area (TPSA) is 42.0 Å². The molecule has 3 nitrogen and oxygen atoms in total. The zero-order valence-corrected chi connectivity index (χ0v) is 11.5. The van der Waals surface area contributed by atoms with Gasteiger partial charge in [0, 0.05) is 24.0 Å². The number of aromatic nitrogens is 1. The Morgan fingerprint density at radius 1 is 1.37 bits per heavy atom. The van der Waals surface area contributed by atoms with Gasteiger partial charge in [-0.05, 0) is 24.6 Å². The Hall–Kier alpha value is -1.75. The summed E-state index contributed by atoms with van der Waals surface area (Å²) in [5.74, 6) is -0.344. The van der Waals surface area contributed by atoms with Crippen molar-refractivity contribution in [2.75, 3.05) is 6.54 Å². The van der Waals surface area contributed by atoms with Crippen LogP contribution in [0.3, 0.4) is 0 Å². The van der Waals surface area contributed by atoms with Crippen LogP contribution in [0, 0.1) is 12.7 Å². The van der Waals surface area contributed by atoms with E-state index in [1.807, 2.05) is 12.3 Å². The van der Waals surface area contributed by atoms with Crippen molar-refractivity contribution in [3.8, 4) is 0 Å². The molecule has 0 aliphatic rings. The van der Waals surface area contributed by atoms with Gasteiger partial charge in [0.05, 0.1) is 11.4 Å². The maximum atomic E-state index is 12.7. The number of amides is 1. The van der Waals surface area contributed by atoms with E-state index < -0.39 is 0 Å². The lowest BCUT2D eigenvalue weighted by Gasteiger charge is -2.04. The summed E-state index contributed by atoms with van der Waals surface area (Å²) in [5, 5.41) is 5.86. The molecule has 0 spiro atoms. The number of nitrogens with zero attached hydrogens (tertiary/aromatic N) is 1. The van der Waals surface area contributed by atoms with Crippen molar-refractivity contribution in [2.45, 2.75) is 19.8 Å². The summed E-state index contributed by atoms with van der Waals surface area (Å²) in [4.78, 5) is 16.0. The van der Waals surface area contributed by atoms with Crippen LogP contribution in [0.2, 0.25) is 0 Å². The summed E-state index contributed by atoms with van der Waals surface area (Å²) in [6, 6.07) is 5.97. The molecule has 0 saturated carbocycles. The van der Waals surface area contributed by atoms with Gasteiger partial charge in [-0.2, -0.15) is 0 Å². The summed E-state index contributed by atoms with van der Waals surface area (Å²) < 4.78 is 12.7. The van der Waals surface area contributed by atoms with Crippen molar-refractivity contribution in [3.05, 3.63) is 51.7 Å². The molecule has 1 amide bonds. The number of hydrogen-bond acceptors (Lipinski definition) is 3. The third-order valence-corrected chi connectivity index (χ3v) is 3.63. The molecule has 1 aromatic heterocycles. The highest BCUT2D eigenvalue weighted by Crippen LogP contribution is 2.08. The van der Waals surface area contributed by atoms with E-state index in [2.05, 4.69) is 10.3 Å². The summed E-state index contributed by atoms with van der Waals surface area (Å²) >= 11 is 1.60. The van der Waals surface area contributed by atoms with Gasteiger partial charge < -0.3 is 5.32 Å². The minimum atomic E-state index is -0.289. The third kappa shape index (κ3) is 4.44. The van der Waals surface area contributed by atoms with Gasteiger partial charge in [0.25, 0.3) is 0 Å². The zero-order valence-electron chi connectivity index (χ0n) is 10.6. The Morgan fingerprint density at radius 3 is 2.74 bits per heavy atom. The van der Waals surface area contributed by atoms with Gasteiger partial charge in [-0.15, -0.1) is 11.3 Å². The van der Waals surface area contributed by atoms with Gasteiger partial charge >= 0.3 is 0 Å². The molecule has 1 heterocycles. The van der Waals surface area contributed by atoms with Crippen molar-refractivity contribution in [1.29, 1.82) is 0 Å². The second kappa shape index (κ2) is 6.43. The first-order chi connectivity index (χ1) is 9.13. The summed E-state index contributed by atoms with van der Waals surface area (Å²) in [6.07, 6.45) is 1.02. The molecular weight excluding hydrogens is 263 g/mol. The fourth-order valence-electron chi connectivity index (χ4n) is 1.68. The highest BCUT2D eigenvalue weighted by molar-refractivity contribution is 7.09. The van der Waals surface area contributed by atoms with Gasteiger partial charge in [-0.25, -0.2) is 9.37 Å². The lowest BCUT2D eigenvalue weighted by molar-refractivity contribution is -0.120. The molecule has 5 heteroatoms. The molecule has 2 rings (SSSR count). The maximum absolute atomic E-state index is 12.7. The van der Waals surface area contributed by atoms with E-state index >= 15 is 0 Å². The lowest BCUT2D eigenvalue weighted by Crippen LogP contribution is -2.27. The first kappa shape index (κ1) is 13.7. The van der Waals surface area contributed by atoms with Crippen LogP contribution in [0.25, 0.3) is 0 Å². The van der Waals surface area contributed by atoms with Crippen molar-refractivity contribution in [1.82, 2.24) is 10.3 Å². The fourth-order valence-corrected chi connectivity index (χ4v) is 2.45. The van der Waals surface area contributed by atoms with E-state index in [-0.39, 0.29) is 18.1 Å². The van der Waals surface area contributed by atoms with Crippen LogP contribution >= 0.6 is 11.3 Å². The number of hydrogen-bond donors (Lipinski definition) is 1. The van der Waals surface area contributed by atoms with Crippen molar-refractivity contribution in [2.24, 2.45) is 0 Å². The number of thiazole rings is 1. The van der Waals surface area contributed by atoms with E-state index in [1.54, 1.807) is 23.5 Å². The molecule has 0 bridgehead atoms. The molecule has 1 N–H and O–H groups in total. The second-order valence-electron chi connectivity index (χ2n) is 4.29. The lowest BCUT2D eigenvalue weighted by atomic mass is 10.1. The second-order valence-corrected chi connectivity index (χ2v) is 5.23. The van der Waals surface area contributed by atoms with Crippen molar-refractivity contribution < 1.29 is 9.18 Å². The molecule has 100 valence electrons. The third-order valence-electron chi connectivity index (χ3n) is 2.61. The van der Waals surface area contributed by atoms with E-state index in [9.17, 15) is 9.18 Å². The van der Waals surface area contributed by atoms with E-state index in [1.165, 1.54) is 12.1 Å². The number of rotatable bonds is 5. The standard InChI is InChI=1S/C14H15FN2OS/c1-10-9-19-14(17-10)6-7-16-13(18)8-11-2-4-12(15)5-3-11/h2-5,9H,6-8H2,1H3,(H,16,18). The zero-order chi connectivity index (χ0) is 13.7. The van der Waals surface area contributed by atoms with E-state index in [0.717, 1.165) is 22.7 Å². The van der Waals surface area contributed by atoms with Gasteiger partial charge in [0.2, 0.25) is 5.91 Å². The van der Waals surface area contributed by atoms with Crippen LogP contribution in [0.4, 0.5) is 4.39 Å². The van der Waals surface area contributed by atoms with Crippen LogP contribution in [0.15, 0.2) is 29.6 Å². The number of halogens is 1. The Kier molecular flexibility index (Phi) is 4.63. The van der Waals surface area contributed by atoms with Gasteiger partial charge in [-0.1, -0.05) is 12.1 Å². The molecule has 2 aromatic rings. The number of nitrogens with one attached hydrogen (secondary N) is 1.